The SMILES string of the molecule is CCCCCCCCCCCCCC/C=C/CC/C=C/C(O)C(CO)NC(=O)CCCCCCCCCCCCCCCCCCC/C=C\C/C=C\CCCCCCCCCCCCCCC. The lowest BCUT2D eigenvalue weighted by Crippen LogP contribution is -2.45. The molecular weight excluding hydrogens is 819 g/mol. The van der Waals surface area contributed by atoms with Crippen LogP contribution in [0.15, 0.2) is 48.6 Å². The van der Waals surface area contributed by atoms with Crippen LogP contribution in [0.4, 0.5) is 0 Å². The van der Waals surface area contributed by atoms with Gasteiger partial charge in [0.2, 0.25) is 5.91 Å². The highest BCUT2D eigenvalue weighted by Gasteiger charge is 2.18. The zero-order chi connectivity index (χ0) is 48.5. The van der Waals surface area contributed by atoms with E-state index in [0.717, 1.165) is 38.5 Å². The first-order chi connectivity index (χ1) is 33.2. The molecule has 0 rings (SSSR count). The Morgan fingerprint density at radius 2 is 0.627 bits per heavy atom. The number of nitrogens with one attached hydrogen (secondary N) is 1. The highest BCUT2D eigenvalue weighted by molar-refractivity contribution is 5.76. The molecule has 0 aromatic carbocycles. The Labute approximate surface area is 420 Å². The van der Waals surface area contributed by atoms with E-state index >= 15 is 0 Å². The van der Waals surface area contributed by atoms with Crippen LogP contribution in [-0.2, 0) is 4.79 Å². The van der Waals surface area contributed by atoms with E-state index in [4.69, 9.17) is 0 Å². The van der Waals surface area contributed by atoms with Crippen molar-refractivity contribution in [2.75, 3.05) is 6.61 Å². The van der Waals surface area contributed by atoms with E-state index in [1.807, 2.05) is 6.08 Å². The zero-order valence-corrected chi connectivity index (χ0v) is 45.4. The van der Waals surface area contributed by atoms with Crippen LogP contribution >= 0.6 is 0 Å². The number of aliphatic hydroxyl groups excluding tert-OH is 2. The molecule has 4 heteroatoms. The van der Waals surface area contributed by atoms with Crippen LogP contribution < -0.4 is 5.32 Å². The van der Waals surface area contributed by atoms with E-state index in [1.54, 1.807) is 6.08 Å². The predicted octanol–water partition coefficient (Wildman–Crippen LogP) is 20.2. The number of hydrogen-bond acceptors (Lipinski definition) is 3. The second kappa shape index (κ2) is 58.7. The maximum atomic E-state index is 12.5. The van der Waals surface area contributed by atoms with Crippen molar-refractivity contribution in [3.05, 3.63) is 48.6 Å². The van der Waals surface area contributed by atoms with Gasteiger partial charge >= 0.3 is 0 Å². The molecule has 2 unspecified atom stereocenters. The molecule has 4 nitrogen and oxygen atoms in total. The van der Waals surface area contributed by atoms with E-state index in [9.17, 15) is 15.0 Å². The second-order valence-corrected chi connectivity index (χ2v) is 20.8. The molecule has 0 aromatic heterocycles. The molecule has 0 saturated heterocycles. The molecule has 394 valence electrons. The summed E-state index contributed by atoms with van der Waals surface area (Å²) in [6, 6.07) is -0.639. The van der Waals surface area contributed by atoms with E-state index in [2.05, 4.69) is 55.6 Å². The molecule has 0 aromatic rings. The van der Waals surface area contributed by atoms with Crippen molar-refractivity contribution in [2.24, 2.45) is 0 Å². The Morgan fingerprint density at radius 1 is 0.358 bits per heavy atom. The van der Waals surface area contributed by atoms with Gasteiger partial charge in [0, 0.05) is 6.42 Å². The summed E-state index contributed by atoms with van der Waals surface area (Å²) in [6.07, 6.45) is 81.6. The fraction of sp³-hybridized carbons (Fsp3) is 0.857. The largest absolute Gasteiger partial charge is 0.394 e. The van der Waals surface area contributed by atoms with E-state index in [0.29, 0.717) is 6.42 Å². The second-order valence-electron chi connectivity index (χ2n) is 20.8. The van der Waals surface area contributed by atoms with Gasteiger partial charge in [0.05, 0.1) is 18.8 Å². The van der Waals surface area contributed by atoms with Crippen LogP contribution in [0, 0.1) is 0 Å². The molecule has 0 radical (unpaired) electrons. The van der Waals surface area contributed by atoms with Crippen molar-refractivity contribution in [3.8, 4) is 0 Å². The Bertz CT molecular complexity index is 1060. The molecule has 0 bridgehead atoms. The van der Waals surface area contributed by atoms with E-state index in [-0.39, 0.29) is 12.5 Å². The monoisotopic (exact) mass is 938 g/mol. The van der Waals surface area contributed by atoms with Gasteiger partial charge in [0.15, 0.2) is 0 Å². The number of carbonyl (C=O) groups is 1. The van der Waals surface area contributed by atoms with Crippen molar-refractivity contribution in [2.45, 2.75) is 341 Å². The molecule has 0 aliphatic rings. The fourth-order valence-corrected chi connectivity index (χ4v) is 9.41. The Morgan fingerprint density at radius 3 is 0.955 bits per heavy atom. The lowest BCUT2D eigenvalue weighted by molar-refractivity contribution is -0.123. The standard InChI is InChI=1S/C63H119NO3/c1-3-5-7-9-11-13-15-17-19-21-23-24-25-26-27-28-29-30-31-32-33-34-35-36-37-38-39-40-41-43-45-47-49-51-53-55-57-59-63(67)64-61(60-65)62(66)58-56-54-52-50-48-46-44-42-22-20-18-16-14-12-10-8-6-4-2/h27-28,30-31,48,50,56,58,61-62,65-66H,3-26,29,32-47,49,51-55,57,59-60H2,1-2H3,(H,64,67)/b28-27-,31-30-,50-48+,58-56+. The Hall–Kier alpha value is -1.65. The Balaban J connectivity index is 3.46. The van der Waals surface area contributed by atoms with Crippen LogP contribution in [0.2, 0.25) is 0 Å². The maximum Gasteiger partial charge on any atom is 0.220 e. The summed E-state index contributed by atoms with van der Waals surface area (Å²) in [5, 5.41) is 23.1. The average Bonchev–Trinajstić information content (AvgIpc) is 3.33. The van der Waals surface area contributed by atoms with Gasteiger partial charge in [-0.05, 0) is 64.2 Å². The molecule has 3 N–H and O–H groups in total. The molecule has 0 spiro atoms. The van der Waals surface area contributed by atoms with Crippen LogP contribution in [-0.4, -0.2) is 34.9 Å². The van der Waals surface area contributed by atoms with Gasteiger partial charge in [-0.3, -0.25) is 4.79 Å². The molecular formula is C63H119NO3. The summed E-state index contributed by atoms with van der Waals surface area (Å²) in [6.45, 7) is 4.33. The summed E-state index contributed by atoms with van der Waals surface area (Å²) in [4.78, 5) is 12.5. The first-order valence-corrected chi connectivity index (χ1v) is 30.4. The molecule has 0 saturated carbocycles. The van der Waals surface area contributed by atoms with Crippen molar-refractivity contribution < 1.29 is 15.0 Å². The fourth-order valence-electron chi connectivity index (χ4n) is 9.41. The third kappa shape index (κ3) is 55.2. The highest BCUT2D eigenvalue weighted by atomic mass is 16.3. The summed E-state index contributed by atoms with van der Waals surface area (Å²) >= 11 is 0. The molecule has 67 heavy (non-hydrogen) atoms. The number of carbonyl (C=O) groups excluding carboxylic acids is 1. The molecule has 0 heterocycles. The number of rotatable bonds is 56. The van der Waals surface area contributed by atoms with Gasteiger partial charge in [0.25, 0.3) is 0 Å². The lowest BCUT2D eigenvalue weighted by atomic mass is 10.0. The van der Waals surface area contributed by atoms with Gasteiger partial charge in [-0.1, -0.05) is 306 Å². The van der Waals surface area contributed by atoms with Gasteiger partial charge in [0.1, 0.15) is 0 Å². The molecule has 0 fully saturated rings. The first-order valence-electron chi connectivity index (χ1n) is 30.4. The quantitative estimate of drug-likeness (QED) is 0.0420. The van der Waals surface area contributed by atoms with Crippen LogP contribution in [0.25, 0.3) is 0 Å². The minimum Gasteiger partial charge on any atom is -0.394 e. The van der Waals surface area contributed by atoms with Crippen LogP contribution in [0.3, 0.4) is 0 Å². The van der Waals surface area contributed by atoms with Crippen LogP contribution in [0.5, 0.6) is 0 Å². The topological polar surface area (TPSA) is 69.6 Å². The summed E-state index contributed by atoms with van der Waals surface area (Å²) < 4.78 is 0. The number of unbranched alkanes of at least 4 members (excludes halogenated alkanes) is 43. The normalized spacial score (nSPS) is 13.1. The predicted molar refractivity (Wildman–Crippen MR) is 299 cm³/mol. The third-order valence-electron chi connectivity index (χ3n) is 14.0. The van der Waals surface area contributed by atoms with Gasteiger partial charge in [-0.2, -0.15) is 0 Å². The minimum absolute atomic E-state index is 0.0700. The Kier molecular flexibility index (Phi) is 57.2. The van der Waals surface area contributed by atoms with Gasteiger partial charge in [-0.15, -0.1) is 0 Å². The van der Waals surface area contributed by atoms with Crippen molar-refractivity contribution in [3.63, 3.8) is 0 Å². The minimum atomic E-state index is -0.862. The molecule has 2 atom stereocenters. The van der Waals surface area contributed by atoms with Gasteiger partial charge < -0.3 is 15.5 Å². The zero-order valence-electron chi connectivity index (χ0n) is 45.4. The molecule has 0 aliphatic carbocycles. The average molecular weight is 939 g/mol. The van der Waals surface area contributed by atoms with Crippen LogP contribution in [0.1, 0.15) is 328 Å². The van der Waals surface area contributed by atoms with Gasteiger partial charge in [-0.25, -0.2) is 0 Å². The maximum absolute atomic E-state index is 12.5. The van der Waals surface area contributed by atoms with Crippen molar-refractivity contribution in [1.29, 1.82) is 0 Å². The van der Waals surface area contributed by atoms with E-state index in [1.165, 1.54) is 270 Å². The summed E-state index contributed by atoms with van der Waals surface area (Å²) in [5.74, 6) is -0.0700. The smallest absolute Gasteiger partial charge is 0.220 e. The number of amides is 1. The molecule has 0 aliphatic heterocycles. The highest BCUT2D eigenvalue weighted by Crippen LogP contribution is 2.17. The third-order valence-corrected chi connectivity index (χ3v) is 14.0. The summed E-state index contributed by atoms with van der Waals surface area (Å²) in [5.41, 5.74) is 0. The molecule has 1 amide bonds. The van der Waals surface area contributed by atoms with Crippen molar-refractivity contribution in [1.82, 2.24) is 5.32 Å². The number of allylic oxidation sites excluding steroid dienone is 7. The first kappa shape index (κ1) is 65.3. The van der Waals surface area contributed by atoms with Crippen molar-refractivity contribution >= 4 is 5.91 Å². The lowest BCUT2D eigenvalue weighted by Gasteiger charge is -2.19. The number of aliphatic hydroxyl groups is 2. The summed E-state index contributed by atoms with van der Waals surface area (Å²) in [7, 11) is 0. The van der Waals surface area contributed by atoms with E-state index < -0.39 is 12.1 Å². The number of hydrogen-bond donors (Lipinski definition) is 3.